The van der Waals surface area contributed by atoms with Crippen LogP contribution in [0.1, 0.15) is 28.9 Å². The van der Waals surface area contributed by atoms with E-state index in [9.17, 15) is 2.74 Å². The van der Waals surface area contributed by atoms with Gasteiger partial charge in [-0.05, 0) is 59.7 Å². The van der Waals surface area contributed by atoms with E-state index in [0.29, 0.717) is 0 Å². The summed E-state index contributed by atoms with van der Waals surface area (Å²) < 4.78 is 164. The van der Waals surface area contributed by atoms with Crippen molar-refractivity contribution >= 4 is 50.9 Å². The second-order valence-electron chi connectivity index (χ2n) is 8.77. The molecule has 0 unspecified atom stereocenters. The summed E-state index contributed by atoms with van der Waals surface area (Å²) in [5.74, 6) is -2.08. The molecule has 0 amide bonds. The summed E-state index contributed by atoms with van der Waals surface area (Å²) in [6.45, 7) is -0.0161. The number of nitrogens with zero attached hydrogens (tertiary/aromatic N) is 3. The van der Waals surface area contributed by atoms with Gasteiger partial charge >= 0.3 is 0 Å². The molecule has 0 atom stereocenters. The maximum absolute atomic E-state index is 9.61. The van der Waals surface area contributed by atoms with Crippen LogP contribution in [0.15, 0.2) is 103 Å². The van der Waals surface area contributed by atoms with Gasteiger partial charge in [-0.2, -0.15) is 0 Å². The molecule has 0 fully saturated rings. The summed E-state index contributed by atoms with van der Waals surface area (Å²) in [4.78, 5) is 4.57. The smallest absolute Gasteiger partial charge is 0.260 e. The molecule has 6 heteroatoms. The fourth-order valence-electron chi connectivity index (χ4n) is 5.11. The third-order valence-corrected chi connectivity index (χ3v) is 6.64. The predicted molar refractivity (Wildman–Crippen MR) is 152 cm³/mol. The molecule has 2 aliphatic heterocycles. The zero-order chi connectivity index (χ0) is 39.8. The van der Waals surface area contributed by atoms with Gasteiger partial charge in [-0.15, -0.1) is 0 Å². The van der Waals surface area contributed by atoms with E-state index in [0.717, 1.165) is 8.97 Å². The van der Waals surface area contributed by atoms with Crippen LogP contribution in [0.25, 0.3) is 33.5 Å². The second-order valence-corrected chi connectivity index (χ2v) is 8.77. The van der Waals surface area contributed by atoms with Crippen LogP contribution in [-0.4, -0.2) is 20.7 Å². The first-order valence-corrected chi connectivity index (χ1v) is 11.5. The normalized spacial score (nSPS) is 19.5. The van der Waals surface area contributed by atoms with Crippen molar-refractivity contribution in [2.24, 2.45) is 0 Å². The zero-order valence-corrected chi connectivity index (χ0v) is 19.2. The molecule has 0 radical (unpaired) electrons. The number of rotatable bonds is 1. The molecule has 0 saturated heterocycles. The fraction of sp³-hybridized carbons (Fsp3) is 0.0312. The third-order valence-electron chi connectivity index (χ3n) is 6.64. The minimum atomic E-state index is -1.47. The van der Waals surface area contributed by atoms with Crippen LogP contribution in [0.2, 0.25) is 0 Å². The van der Waals surface area contributed by atoms with Crippen LogP contribution in [-0.2, 0) is 0 Å². The Kier molecular flexibility index (Phi) is 1.87. The number of imidazole rings is 2. The number of benzene rings is 5. The minimum absolute atomic E-state index is 0.107. The standard InChI is InChI=1S/C32H20BN3O2/c1-19-14-15-24-23(16-19)34-32-35(25-10-4-5-11-26(25)36(24)32)20-17-29-31-30(18-20)38-28-13-7-3-9-22(28)33(31)21-8-2-6-12-27(21)37-29/h2-18H,1H3/i2D,3D,4D,5D,6D,7D,8D,9D,10D,11D,12D,13D,14D,15D,16D,17D,18D. The summed E-state index contributed by atoms with van der Waals surface area (Å²) in [5, 5.41) is 0. The highest BCUT2D eigenvalue weighted by atomic mass is 16.5. The van der Waals surface area contributed by atoms with Gasteiger partial charge in [0, 0.05) is 17.5 Å². The average molecular weight is 506 g/mol. The van der Waals surface area contributed by atoms with Gasteiger partial charge in [0.05, 0.1) is 51.1 Å². The maximum Gasteiger partial charge on any atom is 0.260 e. The van der Waals surface area contributed by atoms with E-state index in [1.165, 1.54) is 6.92 Å². The molecule has 0 spiro atoms. The molecule has 178 valence electrons. The Hall–Kier alpha value is -4.97. The van der Waals surface area contributed by atoms with E-state index in [2.05, 4.69) is 4.98 Å². The summed E-state index contributed by atoms with van der Waals surface area (Å²) in [6.07, 6.45) is 0. The average Bonchev–Trinajstić information content (AvgIpc) is 3.71. The lowest BCUT2D eigenvalue weighted by Crippen LogP contribution is -2.57. The quantitative estimate of drug-likeness (QED) is 0.278. The molecule has 2 aromatic heterocycles. The van der Waals surface area contributed by atoms with Crippen LogP contribution < -0.4 is 25.9 Å². The summed E-state index contributed by atoms with van der Waals surface area (Å²) >= 11 is 0. The van der Waals surface area contributed by atoms with Crippen LogP contribution in [0.4, 0.5) is 0 Å². The van der Waals surface area contributed by atoms with E-state index in [-0.39, 0.29) is 61.9 Å². The molecule has 5 aromatic carbocycles. The van der Waals surface area contributed by atoms with Gasteiger partial charge in [-0.25, -0.2) is 4.98 Å². The Morgan fingerprint density at radius 2 is 1.32 bits per heavy atom. The molecule has 7 aromatic rings. The van der Waals surface area contributed by atoms with Crippen LogP contribution in [0.5, 0.6) is 23.0 Å². The van der Waals surface area contributed by atoms with E-state index in [4.69, 9.17) is 30.0 Å². The lowest BCUT2D eigenvalue weighted by molar-refractivity contribution is 0.464. The van der Waals surface area contributed by atoms with E-state index in [1.54, 1.807) is 0 Å². The summed E-state index contributed by atoms with van der Waals surface area (Å²) in [6, 6.07) is -10.2. The van der Waals surface area contributed by atoms with Gasteiger partial charge in [0.25, 0.3) is 6.71 Å². The molecule has 0 aliphatic carbocycles. The first-order chi connectivity index (χ1) is 25.8. The number of hydrogen-bond acceptors (Lipinski definition) is 3. The number of aromatic nitrogens is 3. The Balaban J connectivity index is 1.51. The predicted octanol–water partition coefficient (Wildman–Crippen LogP) is 5.47. The molecule has 4 heterocycles. The highest BCUT2D eigenvalue weighted by molar-refractivity contribution is 6.98. The van der Waals surface area contributed by atoms with Crippen molar-refractivity contribution in [3.8, 4) is 28.7 Å². The molecule has 0 N–H and O–H groups in total. The largest absolute Gasteiger partial charge is 0.458 e. The lowest BCUT2D eigenvalue weighted by Gasteiger charge is -2.33. The van der Waals surface area contributed by atoms with Crippen molar-refractivity contribution in [3.63, 3.8) is 0 Å². The molecule has 0 bridgehead atoms. The Labute approximate surface area is 242 Å². The van der Waals surface area contributed by atoms with Crippen molar-refractivity contribution in [3.05, 3.63) is 108 Å². The summed E-state index contributed by atoms with van der Waals surface area (Å²) in [5.41, 5.74) is -1.84. The van der Waals surface area contributed by atoms with Gasteiger partial charge in [-0.3, -0.25) is 8.97 Å². The maximum atomic E-state index is 9.61. The SMILES string of the molecule is [2H]c1c([2H])c([2H])c2c(c1[2H])Oc1c([2H])c(-n3c4c([2H])c([2H])c([2H])c([2H])c4n4c5c([2H])c([2H])c(C)c([2H])c5nc34)c([2H])c3c1B2c1c([2H])c([2H])c([2H])c([2H])c1O3. The Morgan fingerprint density at radius 3 is 2.03 bits per heavy atom. The van der Waals surface area contributed by atoms with Crippen LogP contribution in [0, 0.1) is 6.92 Å². The van der Waals surface area contributed by atoms with E-state index >= 15 is 0 Å². The summed E-state index contributed by atoms with van der Waals surface area (Å²) in [7, 11) is 0. The number of hydrogen-bond donors (Lipinski definition) is 0. The fourth-order valence-corrected chi connectivity index (χ4v) is 5.11. The first-order valence-electron chi connectivity index (χ1n) is 20.0. The van der Waals surface area contributed by atoms with Crippen molar-refractivity contribution in [2.45, 2.75) is 6.92 Å². The van der Waals surface area contributed by atoms with Gasteiger partial charge in [0.15, 0.2) is 0 Å². The molecular formula is C32H20BN3O2. The van der Waals surface area contributed by atoms with Gasteiger partial charge < -0.3 is 9.47 Å². The van der Waals surface area contributed by atoms with Gasteiger partial charge in [-0.1, -0.05) is 54.4 Å². The highest BCUT2D eigenvalue weighted by Gasteiger charge is 2.40. The van der Waals surface area contributed by atoms with Crippen LogP contribution >= 0.6 is 0 Å². The molecular weight excluding hydrogens is 469 g/mol. The highest BCUT2D eigenvalue weighted by Crippen LogP contribution is 2.38. The first kappa shape index (κ1) is 10.1. The topological polar surface area (TPSA) is 40.7 Å². The van der Waals surface area contributed by atoms with Gasteiger partial charge in [0.1, 0.15) is 23.0 Å². The van der Waals surface area contributed by atoms with Crippen molar-refractivity contribution in [1.29, 1.82) is 0 Å². The van der Waals surface area contributed by atoms with Crippen LogP contribution in [0.3, 0.4) is 0 Å². The second kappa shape index (κ2) is 7.08. The Morgan fingerprint density at radius 1 is 0.684 bits per heavy atom. The monoisotopic (exact) mass is 506 g/mol. The van der Waals surface area contributed by atoms with Crippen molar-refractivity contribution < 1.29 is 32.8 Å². The van der Waals surface area contributed by atoms with E-state index in [1.807, 2.05) is 0 Å². The molecule has 9 rings (SSSR count). The molecule has 5 nitrogen and oxygen atoms in total. The number of fused-ring (bicyclic) bond motifs is 9. The minimum Gasteiger partial charge on any atom is -0.458 e. The molecule has 2 aliphatic rings. The van der Waals surface area contributed by atoms with Crippen molar-refractivity contribution in [2.75, 3.05) is 0 Å². The number of para-hydroxylation sites is 4. The van der Waals surface area contributed by atoms with Crippen molar-refractivity contribution in [1.82, 2.24) is 14.0 Å². The third kappa shape index (κ3) is 2.54. The molecule has 38 heavy (non-hydrogen) atoms. The zero-order valence-electron chi connectivity index (χ0n) is 36.2. The van der Waals surface area contributed by atoms with E-state index < -0.39 is 126 Å². The lowest BCUT2D eigenvalue weighted by atomic mass is 9.35. The molecule has 0 saturated carbocycles. The Bertz CT molecular complexity index is 2950. The van der Waals surface area contributed by atoms with Gasteiger partial charge in [0.2, 0.25) is 5.78 Å². The number of ether oxygens (including phenoxy) is 2.